The van der Waals surface area contributed by atoms with Crippen molar-refractivity contribution in [1.29, 1.82) is 0 Å². The third-order valence-corrected chi connectivity index (χ3v) is 4.31. The SMILES string of the molecule is CC1(C)C=C(c2ccc(N)c3ncccc23)CC(C)(C)C1. The predicted octanol–water partition coefficient (Wildman–Crippen LogP) is 5.05. The van der Waals surface area contributed by atoms with Crippen LogP contribution in [-0.4, -0.2) is 4.98 Å². The number of nitrogens with zero attached hydrogens (tertiary/aromatic N) is 1. The van der Waals surface area contributed by atoms with Crippen molar-refractivity contribution in [2.24, 2.45) is 10.8 Å². The number of anilines is 1. The lowest BCUT2D eigenvalue weighted by Gasteiger charge is -2.39. The second-order valence-electron chi connectivity index (χ2n) is 7.78. The van der Waals surface area contributed by atoms with Gasteiger partial charge in [0.25, 0.3) is 0 Å². The van der Waals surface area contributed by atoms with E-state index in [1.54, 1.807) is 0 Å². The van der Waals surface area contributed by atoms with Gasteiger partial charge in [-0.1, -0.05) is 45.9 Å². The van der Waals surface area contributed by atoms with Gasteiger partial charge in [-0.2, -0.15) is 0 Å². The first-order valence-electron chi connectivity index (χ1n) is 7.63. The number of nitrogen functional groups attached to an aromatic ring is 1. The van der Waals surface area contributed by atoms with E-state index in [0.29, 0.717) is 5.41 Å². The Bertz CT molecular complexity index is 723. The highest BCUT2D eigenvalue weighted by molar-refractivity contribution is 5.98. The van der Waals surface area contributed by atoms with Crippen molar-refractivity contribution in [3.05, 3.63) is 42.1 Å². The minimum atomic E-state index is 0.229. The van der Waals surface area contributed by atoms with Crippen LogP contribution in [0.5, 0.6) is 0 Å². The van der Waals surface area contributed by atoms with Crippen molar-refractivity contribution in [3.63, 3.8) is 0 Å². The van der Waals surface area contributed by atoms with Crippen LogP contribution in [0.1, 0.15) is 46.1 Å². The summed E-state index contributed by atoms with van der Waals surface area (Å²) in [6, 6.07) is 8.26. The zero-order chi connectivity index (χ0) is 15.3. The summed E-state index contributed by atoms with van der Waals surface area (Å²) in [4.78, 5) is 4.46. The third kappa shape index (κ3) is 2.67. The maximum absolute atomic E-state index is 6.08. The summed E-state index contributed by atoms with van der Waals surface area (Å²) in [6.07, 6.45) is 6.57. The number of aromatic nitrogens is 1. The van der Waals surface area contributed by atoms with E-state index < -0.39 is 0 Å². The number of hydrogen-bond acceptors (Lipinski definition) is 2. The van der Waals surface area contributed by atoms with Crippen LogP contribution in [0, 0.1) is 10.8 Å². The van der Waals surface area contributed by atoms with Crippen molar-refractivity contribution in [2.75, 3.05) is 5.73 Å². The van der Waals surface area contributed by atoms with Crippen LogP contribution in [0.2, 0.25) is 0 Å². The highest BCUT2D eigenvalue weighted by Gasteiger charge is 2.33. The van der Waals surface area contributed by atoms with Crippen LogP contribution in [0.15, 0.2) is 36.5 Å². The van der Waals surface area contributed by atoms with E-state index in [1.807, 2.05) is 18.3 Å². The van der Waals surface area contributed by atoms with Crippen LogP contribution in [0.3, 0.4) is 0 Å². The predicted molar refractivity (Wildman–Crippen MR) is 90.9 cm³/mol. The topological polar surface area (TPSA) is 38.9 Å². The van der Waals surface area contributed by atoms with E-state index in [0.717, 1.165) is 23.0 Å². The number of nitrogens with two attached hydrogens (primary N) is 1. The Morgan fingerprint density at radius 2 is 1.86 bits per heavy atom. The molecule has 0 saturated carbocycles. The van der Waals surface area contributed by atoms with Crippen molar-refractivity contribution >= 4 is 22.2 Å². The van der Waals surface area contributed by atoms with E-state index >= 15 is 0 Å². The minimum Gasteiger partial charge on any atom is -0.397 e. The van der Waals surface area contributed by atoms with Gasteiger partial charge in [-0.3, -0.25) is 4.98 Å². The molecule has 0 saturated heterocycles. The fourth-order valence-corrected chi connectivity index (χ4v) is 4.03. The van der Waals surface area contributed by atoms with Crippen LogP contribution >= 0.6 is 0 Å². The van der Waals surface area contributed by atoms with Crippen molar-refractivity contribution < 1.29 is 0 Å². The molecule has 0 amide bonds. The second-order valence-corrected chi connectivity index (χ2v) is 7.78. The number of allylic oxidation sites excluding steroid dienone is 2. The fourth-order valence-electron chi connectivity index (χ4n) is 4.03. The van der Waals surface area contributed by atoms with Gasteiger partial charge in [0.05, 0.1) is 11.2 Å². The van der Waals surface area contributed by atoms with E-state index in [4.69, 9.17) is 5.73 Å². The molecule has 0 aliphatic heterocycles. The number of fused-ring (bicyclic) bond motifs is 1. The standard InChI is InChI=1S/C19H24N2/c1-18(2)10-13(11-19(3,4)12-18)14-7-8-16(20)17-15(14)6-5-9-21-17/h5-10H,11-12,20H2,1-4H3. The maximum Gasteiger partial charge on any atom is 0.0937 e. The van der Waals surface area contributed by atoms with Gasteiger partial charge in [0.1, 0.15) is 0 Å². The van der Waals surface area contributed by atoms with Crippen LogP contribution < -0.4 is 5.73 Å². The van der Waals surface area contributed by atoms with E-state index in [2.05, 4.69) is 50.9 Å². The van der Waals surface area contributed by atoms with E-state index in [1.165, 1.54) is 17.6 Å². The molecule has 0 radical (unpaired) electrons. The minimum absolute atomic E-state index is 0.229. The molecule has 2 N–H and O–H groups in total. The Labute approximate surface area is 127 Å². The Morgan fingerprint density at radius 3 is 2.57 bits per heavy atom. The van der Waals surface area contributed by atoms with Crippen molar-refractivity contribution in [2.45, 2.75) is 40.5 Å². The van der Waals surface area contributed by atoms with Gasteiger partial charge in [-0.25, -0.2) is 0 Å². The maximum atomic E-state index is 6.08. The molecule has 2 heteroatoms. The Balaban J connectivity index is 2.21. The van der Waals surface area contributed by atoms with Crippen molar-refractivity contribution in [3.8, 4) is 0 Å². The molecule has 1 aliphatic rings. The Hall–Kier alpha value is -1.83. The molecular formula is C19H24N2. The first-order valence-corrected chi connectivity index (χ1v) is 7.63. The lowest BCUT2D eigenvalue weighted by atomic mass is 9.65. The van der Waals surface area contributed by atoms with Gasteiger partial charge in [-0.05, 0) is 46.9 Å². The average molecular weight is 280 g/mol. The van der Waals surface area contributed by atoms with Crippen LogP contribution in [0.25, 0.3) is 16.5 Å². The summed E-state index contributed by atoms with van der Waals surface area (Å²) in [5.74, 6) is 0. The summed E-state index contributed by atoms with van der Waals surface area (Å²) >= 11 is 0. The van der Waals surface area contributed by atoms with Gasteiger partial charge in [0.2, 0.25) is 0 Å². The molecule has 0 fully saturated rings. The Kier molecular flexibility index (Phi) is 3.09. The molecule has 110 valence electrons. The van der Waals surface area contributed by atoms with Crippen molar-refractivity contribution in [1.82, 2.24) is 4.98 Å². The van der Waals surface area contributed by atoms with E-state index in [-0.39, 0.29) is 5.41 Å². The molecule has 2 nitrogen and oxygen atoms in total. The molecule has 1 aliphatic carbocycles. The molecule has 3 rings (SSSR count). The number of rotatable bonds is 1. The summed E-state index contributed by atoms with van der Waals surface area (Å²) < 4.78 is 0. The second kappa shape index (κ2) is 4.59. The molecule has 0 unspecified atom stereocenters. The Morgan fingerprint density at radius 1 is 1.10 bits per heavy atom. The van der Waals surface area contributed by atoms with Gasteiger partial charge in [0, 0.05) is 11.6 Å². The average Bonchev–Trinajstić information content (AvgIpc) is 2.35. The molecule has 21 heavy (non-hydrogen) atoms. The van der Waals surface area contributed by atoms with Gasteiger partial charge >= 0.3 is 0 Å². The van der Waals surface area contributed by atoms with Crippen LogP contribution in [-0.2, 0) is 0 Å². The monoisotopic (exact) mass is 280 g/mol. The first-order chi connectivity index (χ1) is 9.77. The lowest BCUT2D eigenvalue weighted by molar-refractivity contribution is 0.229. The lowest BCUT2D eigenvalue weighted by Crippen LogP contribution is -2.26. The molecule has 1 aromatic carbocycles. The molecular weight excluding hydrogens is 256 g/mol. The van der Waals surface area contributed by atoms with Gasteiger partial charge in [-0.15, -0.1) is 0 Å². The zero-order valence-electron chi connectivity index (χ0n) is 13.4. The molecule has 2 aromatic rings. The quantitative estimate of drug-likeness (QED) is 0.743. The molecule has 0 bridgehead atoms. The number of hydrogen-bond donors (Lipinski definition) is 1. The number of pyridine rings is 1. The molecule has 1 heterocycles. The fraction of sp³-hybridized carbons (Fsp3) is 0.421. The third-order valence-electron chi connectivity index (χ3n) is 4.31. The highest BCUT2D eigenvalue weighted by Crippen LogP contribution is 2.48. The van der Waals surface area contributed by atoms with E-state index in [9.17, 15) is 0 Å². The summed E-state index contributed by atoms with van der Waals surface area (Å²) in [7, 11) is 0. The molecule has 0 spiro atoms. The number of benzene rings is 1. The molecule has 0 atom stereocenters. The summed E-state index contributed by atoms with van der Waals surface area (Å²) in [5.41, 5.74) is 11.0. The van der Waals surface area contributed by atoms with Crippen LogP contribution in [0.4, 0.5) is 5.69 Å². The normalized spacial score (nSPS) is 20.3. The first kappa shape index (κ1) is 14.1. The summed E-state index contributed by atoms with van der Waals surface area (Å²) in [6.45, 7) is 9.37. The summed E-state index contributed by atoms with van der Waals surface area (Å²) in [5, 5.41) is 1.16. The van der Waals surface area contributed by atoms with Gasteiger partial charge < -0.3 is 5.73 Å². The highest BCUT2D eigenvalue weighted by atomic mass is 14.7. The van der Waals surface area contributed by atoms with Gasteiger partial charge in [0.15, 0.2) is 0 Å². The zero-order valence-corrected chi connectivity index (χ0v) is 13.4. The largest absolute Gasteiger partial charge is 0.397 e. The smallest absolute Gasteiger partial charge is 0.0937 e. The molecule has 1 aromatic heterocycles.